The number of rotatable bonds is 5. The number of aliphatic hydroxyl groups excluding tert-OH is 1. The van der Waals surface area contributed by atoms with Crippen molar-refractivity contribution in [3.8, 4) is 0 Å². The third-order valence-electron chi connectivity index (χ3n) is 2.82. The summed E-state index contributed by atoms with van der Waals surface area (Å²) in [4.78, 5) is 0. The van der Waals surface area contributed by atoms with Gasteiger partial charge < -0.3 is 10.8 Å². The van der Waals surface area contributed by atoms with Crippen molar-refractivity contribution in [1.29, 1.82) is 0 Å². The second-order valence-electron chi connectivity index (χ2n) is 4.71. The van der Waals surface area contributed by atoms with Crippen molar-refractivity contribution >= 4 is 15.9 Å². The van der Waals surface area contributed by atoms with Gasteiger partial charge in [0.2, 0.25) is 0 Å². The van der Waals surface area contributed by atoms with Crippen LogP contribution in [0.1, 0.15) is 31.9 Å². The molecule has 0 aliphatic rings. The van der Waals surface area contributed by atoms with E-state index in [0.717, 1.165) is 6.42 Å². The van der Waals surface area contributed by atoms with Gasteiger partial charge in [0.05, 0.1) is 6.10 Å². The van der Waals surface area contributed by atoms with Crippen LogP contribution in [0.2, 0.25) is 0 Å². The number of halogens is 2. The predicted octanol–water partition coefficient (Wildman–Crippen LogP) is 3.24. The van der Waals surface area contributed by atoms with E-state index < -0.39 is 11.9 Å². The third-order valence-corrected chi connectivity index (χ3v) is 3.51. The molecule has 2 nitrogen and oxygen atoms in total. The molecule has 0 spiro atoms. The number of hydrogen-bond donors (Lipinski definition) is 2. The Morgan fingerprint density at radius 2 is 2.06 bits per heavy atom. The van der Waals surface area contributed by atoms with Crippen molar-refractivity contribution in [1.82, 2.24) is 0 Å². The minimum absolute atomic E-state index is 0.122. The predicted molar refractivity (Wildman–Crippen MR) is 71.1 cm³/mol. The Bertz CT molecular complexity index is 350. The van der Waals surface area contributed by atoms with E-state index in [-0.39, 0.29) is 5.92 Å². The van der Waals surface area contributed by atoms with Crippen LogP contribution in [0.15, 0.2) is 22.7 Å². The second-order valence-corrected chi connectivity index (χ2v) is 5.56. The average Bonchev–Trinajstić information content (AvgIpc) is 2.25. The molecular formula is C13H19BrFNO. The molecule has 0 saturated carbocycles. The van der Waals surface area contributed by atoms with Crippen LogP contribution < -0.4 is 5.73 Å². The van der Waals surface area contributed by atoms with Gasteiger partial charge in [-0.15, -0.1) is 0 Å². The van der Waals surface area contributed by atoms with Gasteiger partial charge in [-0.05, 0) is 31.0 Å². The molecule has 0 saturated heterocycles. The van der Waals surface area contributed by atoms with Crippen molar-refractivity contribution < 1.29 is 9.50 Å². The van der Waals surface area contributed by atoms with Crippen LogP contribution in [-0.2, 0) is 0 Å². The molecule has 2 atom stereocenters. The van der Waals surface area contributed by atoms with Crippen molar-refractivity contribution in [2.45, 2.75) is 26.4 Å². The summed E-state index contributed by atoms with van der Waals surface area (Å²) >= 11 is 3.27. The summed E-state index contributed by atoms with van der Waals surface area (Å²) in [6.07, 6.45) is -0.0868. The molecule has 0 aliphatic heterocycles. The molecule has 0 aliphatic carbocycles. The lowest BCUT2D eigenvalue weighted by molar-refractivity contribution is 0.0953. The number of aliphatic hydroxyl groups is 1. The highest BCUT2D eigenvalue weighted by Crippen LogP contribution is 2.33. The Morgan fingerprint density at radius 1 is 1.41 bits per heavy atom. The molecule has 96 valence electrons. The minimum Gasteiger partial charge on any atom is -0.388 e. The first-order chi connectivity index (χ1) is 7.97. The summed E-state index contributed by atoms with van der Waals surface area (Å²) in [6, 6.07) is 4.69. The molecule has 0 amide bonds. The van der Waals surface area contributed by atoms with E-state index in [4.69, 9.17) is 5.73 Å². The van der Waals surface area contributed by atoms with Crippen LogP contribution in [0, 0.1) is 17.7 Å². The van der Waals surface area contributed by atoms with Crippen LogP contribution >= 0.6 is 15.9 Å². The first kappa shape index (κ1) is 14.6. The zero-order valence-electron chi connectivity index (χ0n) is 10.2. The molecule has 0 aromatic heterocycles. The molecule has 3 N–H and O–H groups in total. The van der Waals surface area contributed by atoms with Gasteiger partial charge in [0, 0.05) is 16.0 Å². The van der Waals surface area contributed by atoms with E-state index in [1.165, 1.54) is 6.07 Å². The smallest absolute Gasteiger partial charge is 0.130 e. The van der Waals surface area contributed by atoms with E-state index in [0.29, 0.717) is 22.5 Å². The maximum atomic E-state index is 13.7. The molecular weight excluding hydrogens is 285 g/mol. The maximum absolute atomic E-state index is 13.7. The normalized spacial score (nSPS) is 15.0. The lowest BCUT2D eigenvalue weighted by Crippen LogP contribution is -2.24. The molecule has 0 radical (unpaired) electrons. The number of nitrogens with two attached hydrogens (primary N) is 1. The Labute approximate surface area is 110 Å². The zero-order valence-corrected chi connectivity index (χ0v) is 11.7. The van der Waals surface area contributed by atoms with Crippen molar-refractivity contribution in [2.24, 2.45) is 17.6 Å². The van der Waals surface area contributed by atoms with Crippen molar-refractivity contribution in [3.05, 3.63) is 34.1 Å². The van der Waals surface area contributed by atoms with Gasteiger partial charge in [-0.2, -0.15) is 0 Å². The molecule has 1 aromatic carbocycles. The monoisotopic (exact) mass is 303 g/mol. The van der Waals surface area contributed by atoms with Crippen LogP contribution in [0.3, 0.4) is 0 Å². The van der Waals surface area contributed by atoms with Crippen molar-refractivity contribution in [3.63, 3.8) is 0 Å². The van der Waals surface area contributed by atoms with Gasteiger partial charge >= 0.3 is 0 Å². The summed E-state index contributed by atoms with van der Waals surface area (Å²) in [5.74, 6) is -0.0963. The second kappa shape index (κ2) is 6.47. The quantitative estimate of drug-likeness (QED) is 0.877. The Morgan fingerprint density at radius 3 is 2.53 bits per heavy atom. The van der Waals surface area contributed by atoms with E-state index in [1.807, 2.05) is 0 Å². The molecule has 0 bridgehead atoms. The number of benzene rings is 1. The minimum atomic E-state index is -0.863. The fourth-order valence-electron chi connectivity index (χ4n) is 1.99. The molecule has 17 heavy (non-hydrogen) atoms. The van der Waals surface area contributed by atoms with E-state index in [1.54, 1.807) is 12.1 Å². The summed E-state index contributed by atoms with van der Waals surface area (Å²) in [5, 5.41) is 10.2. The van der Waals surface area contributed by atoms with E-state index >= 15 is 0 Å². The topological polar surface area (TPSA) is 46.2 Å². The fraction of sp³-hybridized carbons (Fsp3) is 0.538. The van der Waals surface area contributed by atoms with Crippen LogP contribution in [0.25, 0.3) is 0 Å². The van der Waals surface area contributed by atoms with Gasteiger partial charge in [-0.25, -0.2) is 4.39 Å². The molecule has 0 heterocycles. The fourth-order valence-corrected chi connectivity index (χ4v) is 2.57. The average molecular weight is 304 g/mol. The van der Waals surface area contributed by atoms with Crippen LogP contribution in [0.5, 0.6) is 0 Å². The Kier molecular flexibility index (Phi) is 5.56. The van der Waals surface area contributed by atoms with Gasteiger partial charge in [0.15, 0.2) is 0 Å². The lowest BCUT2D eigenvalue weighted by atomic mass is 9.88. The highest BCUT2D eigenvalue weighted by molar-refractivity contribution is 9.10. The van der Waals surface area contributed by atoms with Crippen LogP contribution in [-0.4, -0.2) is 11.7 Å². The van der Waals surface area contributed by atoms with Gasteiger partial charge in [-0.1, -0.05) is 35.8 Å². The van der Waals surface area contributed by atoms with Gasteiger partial charge in [0.1, 0.15) is 5.82 Å². The van der Waals surface area contributed by atoms with E-state index in [2.05, 4.69) is 29.8 Å². The van der Waals surface area contributed by atoms with Crippen molar-refractivity contribution in [2.75, 3.05) is 6.54 Å². The van der Waals surface area contributed by atoms with E-state index in [9.17, 15) is 9.50 Å². The summed E-state index contributed by atoms with van der Waals surface area (Å²) in [5.41, 5.74) is 5.97. The molecule has 4 heteroatoms. The lowest BCUT2D eigenvalue weighted by Gasteiger charge is -2.24. The first-order valence-electron chi connectivity index (χ1n) is 5.79. The Balaban J connectivity index is 2.97. The highest BCUT2D eigenvalue weighted by Gasteiger charge is 2.25. The van der Waals surface area contributed by atoms with Gasteiger partial charge in [-0.3, -0.25) is 0 Å². The number of hydrogen-bond acceptors (Lipinski definition) is 2. The molecule has 1 aromatic rings. The SMILES string of the molecule is CC(C)CC(CN)C(O)c1c(F)cccc1Br. The largest absolute Gasteiger partial charge is 0.388 e. The summed E-state index contributed by atoms with van der Waals surface area (Å²) in [7, 11) is 0. The summed E-state index contributed by atoms with van der Waals surface area (Å²) < 4.78 is 14.3. The third kappa shape index (κ3) is 3.76. The molecule has 1 rings (SSSR count). The van der Waals surface area contributed by atoms with Gasteiger partial charge in [0.25, 0.3) is 0 Å². The Hall–Kier alpha value is -0.450. The maximum Gasteiger partial charge on any atom is 0.130 e. The zero-order chi connectivity index (χ0) is 13.0. The van der Waals surface area contributed by atoms with Crippen LogP contribution in [0.4, 0.5) is 4.39 Å². The molecule has 0 fully saturated rings. The first-order valence-corrected chi connectivity index (χ1v) is 6.58. The highest BCUT2D eigenvalue weighted by atomic mass is 79.9. The standard InChI is InChI=1S/C13H19BrFNO/c1-8(2)6-9(7-16)13(17)12-10(14)4-3-5-11(12)15/h3-5,8-9,13,17H,6-7,16H2,1-2H3. The summed E-state index contributed by atoms with van der Waals surface area (Å²) in [6.45, 7) is 4.47. The molecule has 2 unspecified atom stereocenters.